The van der Waals surface area contributed by atoms with Crippen LogP contribution in [-0.4, -0.2) is 46.5 Å². The highest BCUT2D eigenvalue weighted by Crippen LogP contribution is 2.27. The summed E-state index contributed by atoms with van der Waals surface area (Å²) in [5.41, 5.74) is 2.95. The molecule has 4 aromatic rings. The number of carbonyl (C=O) groups is 1. The number of hydrogen-bond acceptors (Lipinski definition) is 5. The maximum absolute atomic E-state index is 14.3. The number of nitrogens with one attached hydrogen (secondary N) is 1. The quantitative estimate of drug-likeness (QED) is 0.316. The second-order valence-electron chi connectivity index (χ2n) is 9.76. The summed E-state index contributed by atoms with van der Waals surface area (Å²) in [7, 11) is 0. The summed E-state index contributed by atoms with van der Waals surface area (Å²) in [5, 5.41) is 3.09. The van der Waals surface area contributed by atoms with Gasteiger partial charge in [0.25, 0.3) is 5.91 Å². The van der Waals surface area contributed by atoms with Gasteiger partial charge < -0.3 is 10.1 Å². The van der Waals surface area contributed by atoms with Crippen molar-refractivity contribution in [2.24, 2.45) is 0 Å². The number of aromatic nitrogens is 2. The van der Waals surface area contributed by atoms with Crippen molar-refractivity contribution in [3.63, 3.8) is 0 Å². The van der Waals surface area contributed by atoms with Crippen LogP contribution in [0.4, 0.5) is 8.78 Å². The van der Waals surface area contributed by atoms with Gasteiger partial charge in [-0.3, -0.25) is 9.69 Å². The van der Waals surface area contributed by atoms with Crippen LogP contribution in [0.1, 0.15) is 40.4 Å². The van der Waals surface area contributed by atoms with Crippen LogP contribution in [0.3, 0.4) is 0 Å². The van der Waals surface area contributed by atoms with Crippen molar-refractivity contribution in [2.75, 3.05) is 19.7 Å². The highest BCUT2D eigenvalue weighted by molar-refractivity contribution is 5.93. The van der Waals surface area contributed by atoms with E-state index in [1.807, 2.05) is 25.1 Å². The number of amides is 1. The van der Waals surface area contributed by atoms with Gasteiger partial charge in [0, 0.05) is 37.1 Å². The zero-order valence-electron chi connectivity index (χ0n) is 21.7. The van der Waals surface area contributed by atoms with Gasteiger partial charge >= 0.3 is 0 Å². The molecule has 39 heavy (non-hydrogen) atoms. The van der Waals surface area contributed by atoms with Crippen molar-refractivity contribution in [3.05, 3.63) is 114 Å². The highest BCUT2D eigenvalue weighted by Gasteiger charge is 2.28. The van der Waals surface area contributed by atoms with Crippen LogP contribution in [0.5, 0.6) is 5.75 Å². The Morgan fingerprint density at radius 1 is 1.00 bits per heavy atom. The Balaban J connectivity index is 1.19. The fourth-order valence-corrected chi connectivity index (χ4v) is 4.82. The number of piperidine rings is 1. The van der Waals surface area contributed by atoms with E-state index in [0.29, 0.717) is 23.6 Å². The first kappa shape index (κ1) is 26.4. The van der Waals surface area contributed by atoms with Gasteiger partial charge in [0.2, 0.25) is 0 Å². The number of hydrogen-bond donors (Lipinski definition) is 1. The van der Waals surface area contributed by atoms with Crippen LogP contribution >= 0.6 is 0 Å². The number of rotatable bonds is 8. The Labute approximate surface area is 226 Å². The Morgan fingerprint density at radius 3 is 2.46 bits per heavy atom. The predicted molar refractivity (Wildman–Crippen MR) is 145 cm³/mol. The first-order valence-electron chi connectivity index (χ1n) is 13.0. The summed E-state index contributed by atoms with van der Waals surface area (Å²) in [6.45, 7) is 3.72. The summed E-state index contributed by atoms with van der Waals surface area (Å²) in [4.78, 5) is 23.7. The third kappa shape index (κ3) is 6.64. The van der Waals surface area contributed by atoms with Gasteiger partial charge in [0.15, 0.2) is 17.4 Å². The molecule has 1 N–H and O–H groups in total. The molecule has 1 aliphatic heterocycles. The summed E-state index contributed by atoms with van der Waals surface area (Å²) in [6, 6.07) is 20.9. The minimum atomic E-state index is -0.373. The lowest BCUT2D eigenvalue weighted by atomic mass is 9.99. The molecule has 5 rings (SSSR count). The molecule has 1 saturated heterocycles. The van der Waals surface area contributed by atoms with Crippen LogP contribution in [0.2, 0.25) is 0 Å². The number of likely N-dealkylation sites (tertiary alicyclic amines) is 1. The average Bonchev–Trinajstić information content (AvgIpc) is 2.96. The maximum Gasteiger partial charge on any atom is 0.254 e. The highest BCUT2D eigenvalue weighted by atomic mass is 19.1. The van der Waals surface area contributed by atoms with Crippen molar-refractivity contribution in [3.8, 4) is 17.1 Å². The van der Waals surface area contributed by atoms with Crippen LogP contribution in [0.15, 0.2) is 85.2 Å². The molecular formula is C31H30F2N4O2. The topological polar surface area (TPSA) is 67.3 Å². The van der Waals surface area contributed by atoms with E-state index in [9.17, 15) is 13.6 Å². The second kappa shape index (κ2) is 12.1. The van der Waals surface area contributed by atoms with Gasteiger partial charge in [-0.05, 0) is 55.2 Å². The molecule has 1 atom stereocenters. The Bertz CT molecular complexity index is 1410. The number of carbonyl (C=O) groups excluding carboxylic acids is 1. The van der Waals surface area contributed by atoms with E-state index in [1.165, 1.54) is 30.6 Å². The molecule has 1 aromatic heterocycles. The standard InChI is InChI=1S/C31H30F2N4O2/c1-21-10-11-27(33)29(16-21)39-20-28(22-6-3-2-4-7-22)37-14-12-26(13-15-37)36-31(38)24-18-34-30(35-19-24)23-8-5-9-25(32)17-23/h2-11,16-19,26,28H,12-15,20H2,1H3,(H,36,38). The Kier molecular flexibility index (Phi) is 8.22. The molecule has 1 fully saturated rings. The molecule has 1 amide bonds. The minimum Gasteiger partial charge on any atom is -0.489 e. The largest absolute Gasteiger partial charge is 0.489 e. The van der Waals surface area contributed by atoms with E-state index in [0.717, 1.165) is 37.1 Å². The van der Waals surface area contributed by atoms with Gasteiger partial charge in [0.05, 0.1) is 11.6 Å². The average molecular weight is 529 g/mol. The molecular weight excluding hydrogens is 498 g/mol. The minimum absolute atomic E-state index is 0.00297. The summed E-state index contributed by atoms with van der Waals surface area (Å²) in [6.07, 6.45) is 4.45. The van der Waals surface area contributed by atoms with Crippen LogP contribution < -0.4 is 10.1 Å². The predicted octanol–water partition coefficient (Wildman–Crippen LogP) is 5.74. The van der Waals surface area contributed by atoms with E-state index in [4.69, 9.17) is 4.74 Å². The SMILES string of the molecule is Cc1ccc(F)c(OCC(c2ccccc2)N2CCC(NC(=O)c3cnc(-c4cccc(F)c4)nc3)CC2)c1. The molecule has 0 bridgehead atoms. The van der Waals surface area contributed by atoms with Crippen molar-refractivity contribution in [2.45, 2.75) is 31.8 Å². The fraction of sp³-hybridized carbons (Fsp3) is 0.258. The zero-order chi connectivity index (χ0) is 27.2. The third-order valence-electron chi connectivity index (χ3n) is 6.97. The van der Waals surface area contributed by atoms with E-state index in [2.05, 4.69) is 32.3 Å². The molecule has 2 heterocycles. The Morgan fingerprint density at radius 2 is 1.74 bits per heavy atom. The van der Waals surface area contributed by atoms with E-state index >= 15 is 0 Å². The van der Waals surface area contributed by atoms with E-state index in [-0.39, 0.29) is 35.4 Å². The van der Waals surface area contributed by atoms with Crippen molar-refractivity contribution < 1.29 is 18.3 Å². The normalized spacial score (nSPS) is 15.1. The third-order valence-corrected chi connectivity index (χ3v) is 6.97. The first-order valence-corrected chi connectivity index (χ1v) is 13.0. The molecule has 0 saturated carbocycles. The summed E-state index contributed by atoms with van der Waals surface area (Å²) >= 11 is 0. The van der Waals surface area contributed by atoms with Crippen LogP contribution in [-0.2, 0) is 0 Å². The number of benzene rings is 3. The lowest BCUT2D eigenvalue weighted by molar-refractivity contribution is 0.0833. The zero-order valence-corrected chi connectivity index (χ0v) is 21.7. The molecule has 0 spiro atoms. The van der Waals surface area contributed by atoms with Crippen LogP contribution in [0.25, 0.3) is 11.4 Å². The fourth-order valence-electron chi connectivity index (χ4n) is 4.82. The number of halogens is 2. The van der Waals surface area contributed by atoms with Crippen molar-refractivity contribution >= 4 is 5.91 Å². The summed E-state index contributed by atoms with van der Waals surface area (Å²) in [5.74, 6) is -0.366. The second-order valence-corrected chi connectivity index (χ2v) is 9.76. The summed E-state index contributed by atoms with van der Waals surface area (Å²) < 4.78 is 33.8. The molecule has 6 nitrogen and oxygen atoms in total. The molecule has 1 unspecified atom stereocenters. The van der Waals surface area contributed by atoms with Gasteiger partial charge in [0.1, 0.15) is 12.4 Å². The molecule has 1 aliphatic rings. The van der Waals surface area contributed by atoms with E-state index < -0.39 is 0 Å². The first-order chi connectivity index (χ1) is 19.0. The van der Waals surface area contributed by atoms with Gasteiger partial charge in [-0.2, -0.15) is 0 Å². The molecule has 200 valence electrons. The van der Waals surface area contributed by atoms with Gasteiger partial charge in [-0.1, -0.05) is 48.5 Å². The van der Waals surface area contributed by atoms with Gasteiger partial charge in [-0.25, -0.2) is 18.7 Å². The van der Waals surface area contributed by atoms with E-state index in [1.54, 1.807) is 24.3 Å². The van der Waals surface area contributed by atoms with Gasteiger partial charge in [-0.15, -0.1) is 0 Å². The number of aryl methyl sites for hydroxylation is 1. The smallest absolute Gasteiger partial charge is 0.254 e. The maximum atomic E-state index is 14.3. The molecule has 8 heteroatoms. The number of ether oxygens (including phenoxy) is 1. The van der Waals surface area contributed by atoms with Crippen LogP contribution in [0, 0.1) is 18.6 Å². The van der Waals surface area contributed by atoms with Crippen molar-refractivity contribution in [1.29, 1.82) is 0 Å². The number of nitrogens with zero attached hydrogens (tertiary/aromatic N) is 3. The molecule has 3 aromatic carbocycles. The Hall–Kier alpha value is -4.17. The lowest BCUT2D eigenvalue weighted by Gasteiger charge is -2.38. The van der Waals surface area contributed by atoms with Crippen molar-refractivity contribution in [1.82, 2.24) is 20.2 Å². The molecule has 0 aliphatic carbocycles. The molecule has 0 radical (unpaired) electrons. The lowest BCUT2D eigenvalue weighted by Crippen LogP contribution is -2.46. The monoisotopic (exact) mass is 528 g/mol.